The first kappa shape index (κ1) is 14.1. The summed E-state index contributed by atoms with van der Waals surface area (Å²) >= 11 is 0. The minimum Gasteiger partial charge on any atom is -0.459 e. The summed E-state index contributed by atoms with van der Waals surface area (Å²) in [6, 6.07) is 4.09. The number of amides is 1. The minimum absolute atomic E-state index is 0.0100. The number of nitrogens with zero attached hydrogens (tertiary/aromatic N) is 1. The van der Waals surface area contributed by atoms with Gasteiger partial charge in [-0.2, -0.15) is 0 Å². The van der Waals surface area contributed by atoms with Crippen molar-refractivity contribution in [3.05, 3.63) is 24.2 Å². The molecule has 1 N–H and O–H groups in total. The van der Waals surface area contributed by atoms with Crippen LogP contribution in [0.1, 0.15) is 38.2 Å². The molecule has 0 saturated carbocycles. The van der Waals surface area contributed by atoms with E-state index in [1.807, 2.05) is 4.90 Å². The number of piperazine rings is 1. The number of nitrogens with one attached hydrogen (secondary N) is 1. The Morgan fingerprint density at radius 3 is 2.63 bits per heavy atom. The zero-order valence-electron chi connectivity index (χ0n) is 12.2. The van der Waals surface area contributed by atoms with Crippen LogP contribution < -0.4 is 5.32 Å². The van der Waals surface area contributed by atoms with Crippen LogP contribution in [-0.2, 0) is 0 Å². The fraction of sp³-hybridized carbons (Fsp3) is 0.667. The van der Waals surface area contributed by atoms with E-state index in [4.69, 9.17) is 4.42 Å². The predicted molar refractivity (Wildman–Crippen MR) is 75.0 cm³/mol. The zero-order valence-corrected chi connectivity index (χ0v) is 12.2. The maximum absolute atomic E-state index is 12.5. The molecule has 4 nitrogen and oxygen atoms in total. The van der Waals surface area contributed by atoms with E-state index in [0.717, 1.165) is 13.1 Å². The van der Waals surface area contributed by atoms with Gasteiger partial charge in [-0.25, -0.2) is 0 Å². The van der Waals surface area contributed by atoms with Crippen molar-refractivity contribution in [2.75, 3.05) is 13.1 Å². The molecule has 4 heteroatoms. The molecule has 0 aromatic carbocycles. The Morgan fingerprint density at radius 1 is 1.37 bits per heavy atom. The van der Waals surface area contributed by atoms with Crippen LogP contribution in [0.3, 0.4) is 0 Å². The minimum atomic E-state index is 0.0100. The summed E-state index contributed by atoms with van der Waals surface area (Å²) in [6.45, 7) is 10.3. The van der Waals surface area contributed by atoms with E-state index in [1.54, 1.807) is 18.4 Å². The first-order chi connectivity index (χ1) is 9.00. The second-order valence-corrected chi connectivity index (χ2v) is 6.00. The van der Waals surface area contributed by atoms with Crippen molar-refractivity contribution in [2.24, 2.45) is 11.8 Å². The van der Waals surface area contributed by atoms with Crippen LogP contribution in [0.2, 0.25) is 0 Å². The number of carbonyl (C=O) groups excluding carboxylic acids is 1. The molecular formula is C15H24N2O2. The molecule has 1 aromatic rings. The molecule has 0 aliphatic carbocycles. The molecule has 0 bridgehead atoms. The third-order valence-electron chi connectivity index (χ3n) is 3.95. The monoisotopic (exact) mass is 264 g/mol. The number of rotatable bonds is 3. The van der Waals surface area contributed by atoms with Gasteiger partial charge in [-0.3, -0.25) is 4.79 Å². The molecule has 1 aliphatic heterocycles. The summed E-state index contributed by atoms with van der Waals surface area (Å²) in [7, 11) is 0. The van der Waals surface area contributed by atoms with Crippen molar-refractivity contribution in [3.63, 3.8) is 0 Å². The Bertz CT molecular complexity index is 412. The standard InChI is InChI=1S/C15H24N2O2/c1-10(2)12-9-17(13(8-16-12)11(3)4)15(18)14-6-5-7-19-14/h5-7,10-13,16H,8-9H2,1-4H3. The lowest BCUT2D eigenvalue weighted by Crippen LogP contribution is -2.61. The summed E-state index contributed by atoms with van der Waals surface area (Å²) in [5, 5.41) is 3.56. The molecule has 1 saturated heterocycles. The summed E-state index contributed by atoms with van der Waals surface area (Å²) in [6.07, 6.45) is 1.56. The topological polar surface area (TPSA) is 45.5 Å². The van der Waals surface area contributed by atoms with E-state index < -0.39 is 0 Å². The molecule has 2 unspecified atom stereocenters. The van der Waals surface area contributed by atoms with E-state index in [1.165, 1.54) is 0 Å². The van der Waals surface area contributed by atoms with Crippen molar-refractivity contribution in [3.8, 4) is 0 Å². The van der Waals surface area contributed by atoms with Gasteiger partial charge in [0.2, 0.25) is 0 Å². The van der Waals surface area contributed by atoms with Crippen LogP contribution >= 0.6 is 0 Å². The lowest BCUT2D eigenvalue weighted by atomic mass is 9.94. The van der Waals surface area contributed by atoms with Gasteiger partial charge < -0.3 is 14.6 Å². The Balaban J connectivity index is 2.18. The van der Waals surface area contributed by atoms with Crippen molar-refractivity contribution in [2.45, 2.75) is 39.8 Å². The molecule has 19 heavy (non-hydrogen) atoms. The first-order valence-electron chi connectivity index (χ1n) is 7.08. The molecular weight excluding hydrogens is 240 g/mol. The average molecular weight is 264 g/mol. The molecule has 1 fully saturated rings. The van der Waals surface area contributed by atoms with Crippen LogP contribution in [0.4, 0.5) is 0 Å². The van der Waals surface area contributed by atoms with Gasteiger partial charge in [0.25, 0.3) is 5.91 Å². The van der Waals surface area contributed by atoms with Crippen molar-refractivity contribution in [1.82, 2.24) is 10.2 Å². The quantitative estimate of drug-likeness (QED) is 0.911. The van der Waals surface area contributed by atoms with Gasteiger partial charge in [0.1, 0.15) is 0 Å². The van der Waals surface area contributed by atoms with E-state index in [-0.39, 0.29) is 11.9 Å². The van der Waals surface area contributed by atoms with E-state index in [2.05, 4.69) is 33.0 Å². The Morgan fingerprint density at radius 2 is 2.11 bits per heavy atom. The van der Waals surface area contributed by atoms with Gasteiger partial charge in [-0.15, -0.1) is 0 Å². The lowest BCUT2D eigenvalue weighted by Gasteiger charge is -2.43. The Labute approximate surface area is 115 Å². The fourth-order valence-electron chi connectivity index (χ4n) is 2.61. The summed E-state index contributed by atoms with van der Waals surface area (Å²) in [5.74, 6) is 1.39. The summed E-state index contributed by atoms with van der Waals surface area (Å²) < 4.78 is 5.26. The molecule has 106 valence electrons. The number of carbonyl (C=O) groups is 1. The third kappa shape index (κ3) is 3.00. The van der Waals surface area contributed by atoms with E-state index >= 15 is 0 Å². The van der Waals surface area contributed by atoms with Gasteiger partial charge in [-0.1, -0.05) is 27.7 Å². The van der Waals surface area contributed by atoms with Crippen molar-refractivity contribution >= 4 is 5.91 Å². The van der Waals surface area contributed by atoms with Gasteiger partial charge in [0, 0.05) is 25.2 Å². The Hall–Kier alpha value is -1.29. The van der Waals surface area contributed by atoms with E-state index in [0.29, 0.717) is 23.6 Å². The van der Waals surface area contributed by atoms with Gasteiger partial charge in [0.15, 0.2) is 5.76 Å². The summed E-state index contributed by atoms with van der Waals surface area (Å²) in [4.78, 5) is 14.5. The molecule has 0 radical (unpaired) electrons. The van der Waals surface area contributed by atoms with Gasteiger partial charge in [-0.05, 0) is 24.0 Å². The van der Waals surface area contributed by atoms with Gasteiger partial charge in [0.05, 0.1) is 6.26 Å². The molecule has 1 amide bonds. The molecule has 0 spiro atoms. The molecule has 2 heterocycles. The Kier molecular flexibility index (Phi) is 4.30. The second kappa shape index (κ2) is 5.78. The maximum atomic E-state index is 12.5. The largest absolute Gasteiger partial charge is 0.459 e. The van der Waals surface area contributed by atoms with Crippen LogP contribution in [-0.4, -0.2) is 36.0 Å². The normalized spacial score (nSPS) is 24.2. The van der Waals surface area contributed by atoms with E-state index in [9.17, 15) is 4.79 Å². The zero-order chi connectivity index (χ0) is 14.0. The average Bonchev–Trinajstić information content (AvgIpc) is 2.90. The fourth-order valence-corrected chi connectivity index (χ4v) is 2.61. The predicted octanol–water partition coefficient (Wildman–Crippen LogP) is 2.37. The maximum Gasteiger partial charge on any atom is 0.289 e. The van der Waals surface area contributed by atoms with Crippen molar-refractivity contribution in [1.29, 1.82) is 0 Å². The molecule has 1 aromatic heterocycles. The third-order valence-corrected chi connectivity index (χ3v) is 3.95. The number of furan rings is 1. The number of hydrogen-bond donors (Lipinski definition) is 1. The SMILES string of the molecule is CC(C)C1CN(C(=O)c2ccco2)C(C(C)C)CN1. The first-order valence-corrected chi connectivity index (χ1v) is 7.08. The highest BCUT2D eigenvalue weighted by atomic mass is 16.3. The molecule has 2 atom stereocenters. The van der Waals surface area contributed by atoms with Crippen LogP contribution in [0.5, 0.6) is 0 Å². The highest BCUT2D eigenvalue weighted by molar-refractivity contribution is 5.91. The van der Waals surface area contributed by atoms with Gasteiger partial charge >= 0.3 is 0 Å². The van der Waals surface area contributed by atoms with Crippen LogP contribution in [0.15, 0.2) is 22.8 Å². The second-order valence-electron chi connectivity index (χ2n) is 6.00. The highest BCUT2D eigenvalue weighted by Gasteiger charge is 2.35. The lowest BCUT2D eigenvalue weighted by molar-refractivity contribution is 0.0445. The highest BCUT2D eigenvalue weighted by Crippen LogP contribution is 2.21. The molecule has 1 aliphatic rings. The number of hydrogen-bond acceptors (Lipinski definition) is 3. The van der Waals surface area contributed by atoms with Crippen LogP contribution in [0, 0.1) is 11.8 Å². The smallest absolute Gasteiger partial charge is 0.289 e. The van der Waals surface area contributed by atoms with Crippen molar-refractivity contribution < 1.29 is 9.21 Å². The summed E-state index contributed by atoms with van der Waals surface area (Å²) in [5.41, 5.74) is 0. The van der Waals surface area contributed by atoms with Crippen LogP contribution in [0.25, 0.3) is 0 Å². The molecule has 2 rings (SSSR count).